The Kier molecular flexibility index (Phi) is 5.30. The average Bonchev–Trinajstić information content (AvgIpc) is 2.59. The molecule has 2 fully saturated rings. The number of nitrogen functional groups attached to an aromatic ring is 1. The van der Waals surface area contributed by atoms with Crippen LogP contribution in [0.25, 0.3) is 0 Å². The predicted molar refractivity (Wildman–Crippen MR) is 93.3 cm³/mol. The summed E-state index contributed by atoms with van der Waals surface area (Å²) in [5.41, 5.74) is 7.97. The minimum Gasteiger partial charge on any atom is -0.399 e. The van der Waals surface area contributed by atoms with Crippen molar-refractivity contribution in [2.24, 2.45) is 0 Å². The lowest BCUT2D eigenvalue weighted by Crippen LogP contribution is -2.57. The van der Waals surface area contributed by atoms with Gasteiger partial charge in [0.15, 0.2) is 6.29 Å². The van der Waals surface area contributed by atoms with Crippen LogP contribution in [0, 0.1) is 0 Å². The molecule has 1 aromatic rings. The van der Waals surface area contributed by atoms with Crippen LogP contribution in [-0.2, 0) is 4.79 Å². The van der Waals surface area contributed by atoms with E-state index in [4.69, 9.17) is 5.73 Å². The van der Waals surface area contributed by atoms with E-state index in [-0.39, 0.29) is 6.17 Å². The van der Waals surface area contributed by atoms with Crippen molar-refractivity contribution in [3.8, 4) is 0 Å². The Labute approximate surface area is 139 Å². The Morgan fingerprint density at radius 2 is 1.57 bits per heavy atom. The number of carbonyl (C=O) groups excluding carboxylic acids is 1. The lowest BCUT2D eigenvalue weighted by atomic mass is 9.89. The Hall–Kier alpha value is -1.43. The first kappa shape index (κ1) is 16.4. The number of hydrogen-bond donors (Lipinski definition) is 1. The molecule has 2 saturated heterocycles. The molecule has 0 aliphatic carbocycles. The maximum Gasteiger partial charge on any atom is 0.151 e. The van der Waals surface area contributed by atoms with E-state index in [0.29, 0.717) is 5.92 Å². The van der Waals surface area contributed by atoms with Crippen LogP contribution in [0.4, 0.5) is 5.69 Å². The fraction of sp³-hybridized carbons (Fsp3) is 0.611. The van der Waals surface area contributed by atoms with Crippen LogP contribution in [0.2, 0.25) is 0 Å². The standard InChI is InChI=1S/C18H28N4O/c1-20-10-12-22(13-11-20)18(14-23)21-8-6-16(7-9-21)15-2-4-17(19)5-3-15/h2-5,14,16,18H,6-13,19H2,1H3. The van der Waals surface area contributed by atoms with E-state index in [1.807, 2.05) is 12.1 Å². The molecule has 2 heterocycles. The number of aldehydes is 1. The highest BCUT2D eigenvalue weighted by Crippen LogP contribution is 2.29. The number of likely N-dealkylation sites (tertiary alicyclic amines) is 1. The molecule has 0 aromatic heterocycles. The second kappa shape index (κ2) is 7.43. The van der Waals surface area contributed by atoms with Crippen LogP contribution in [0.1, 0.15) is 24.3 Å². The van der Waals surface area contributed by atoms with Crippen molar-refractivity contribution >= 4 is 12.0 Å². The number of carbonyl (C=O) groups is 1. The first-order chi connectivity index (χ1) is 11.2. The zero-order chi connectivity index (χ0) is 16.2. The van der Waals surface area contributed by atoms with E-state index >= 15 is 0 Å². The summed E-state index contributed by atoms with van der Waals surface area (Å²) in [6.07, 6.45) is 3.31. The minimum atomic E-state index is -0.0453. The molecular weight excluding hydrogens is 288 g/mol. The number of likely N-dealkylation sites (N-methyl/N-ethyl adjacent to an activating group) is 1. The molecule has 1 aromatic carbocycles. The van der Waals surface area contributed by atoms with Crippen molar-refractivity contribution in [2.75, 3.05) is 52.0 Å². The largest absolute Gasteiger partial charge is 0.399 e. The molecule has 0 spiro atoms. The summed E-state index contributed by atoms with van der Waals surface area (Å²) in [6, 6.07) is 8.26. The Balaban J connectivity index is 1.56. The van der Waals surface area contributed by atoms with Gasteiger partial charge in [0.25, 0.3) is 0 Å². The number of piperidine rings is 1. The molecule has 2 N–H and O–H groups in total. The van der Waals surface area contributed by atoms with Crippen LogP contribution < -0.4 is 5.73 Å². The van der Waals surface area contributed by atoms with Gasteiger partial charge in [0.2, 0.25) is 0 Å². The molecular formula is C18H28N4O. The minimum absolute atomic E-state index is 0.0453. The summed E-state index contributed by atoms with van der Waals surface area (Å²) in [5, 5.41) is 0. The zero-order valence-corrected chi connectivity index (χ0v) is 14.0. The van der Waals surface area contributed by atoms with Crippen molar-refractivity contribution in [2.45, 2.75) is 24.9 Å². The molecule has 0 radical (unpaired) electrons. The number of piperazine rings is 1. The zero-order valence-electron chi connectivity index (χ0n) is 14.0. The highest BCUT2D eigenvalue weighted by molar-refractivity contribution is 5.57. The third kappa shape index (κ3) is 3.91. The van der Waals surface area contributed by atoms with E-state index in [1.165, 1.54) is 5.56 Å². The van der Waals surface area contributed by atoms with Gasteiger partial charge in [-0.15, -0.1) is 0 Å². The predicted octanol–water partition coefficient (Wildman–Crippen LogP) is 1.22. The molecule has 5 heteroatoms. The number of nitrogens with zero attached hydrogens (tertiary/aromatic N) is 3. The lowest BCUT2D eigenvalue weighted by Gasteiger charge is -2.43. The molecule has 3 rings (SSSR count). The quantitative estimate of drug-likeness (QED) is 0.669. The third-order valence-corrected chi connectivity index (χ3v) is 5.35. The van der Waals surface area contributed by atoms with Gasteiger partial charge in [-0.05, 0) is 43.5 Å². The van der Waals surface area contributed by atoms with Crippen LogP contribution in [0.15, 0.2) is 24.3 Å². The van der Waals surface area contributed by atoms with Gasteiger partial charge in [-0.3, -0.25) is 9.80 Å². The van der Waals surface area contributed by atoms with Crippen molar-refractivity contribution in [1.82, 2.24) is 14.7 Å². The summed E-state index contributed by atoms with van der Waals surface area (Å²) < 4.78 is 0. The van der Waals surface area contributed by atoms with Gasteiger partial charge in [0.1, 0.15) is 6.17 Å². The Morgan fingerprint density at radius 3 is 2.13 bits per heavy atom. The van der Waals surface area contributed by atoms with Crippen LogP contribution >= 0.6 is 0 Å². The first-order valence-electron chi connectivity index (χ1n) is 8.65. The number of rotatable bonds is 4. The SMILES string of the molecule is CN1CCN(C(C=O)N2CCC(c3ccc(N)cc3)CC2)CC1. The van der Waals surface area contributed by atoms with E-state index in [9.17, 15) is 4.79 Å². The smallest absolute Gasteiger partial charge is 0.151 e. The Bertz CT molecular complexity index is 502. The molecule has 126 valence electrons. The molecule has 5 nitrogen and oxygen atoms in total. The van der Waals surface area contributed by atoms with E-state index < -0.39 is 0 Å². The molecule has 23 heavy (non-hydrogen) atoms. The topological polar surface area (TPSA) is 52.8 Å². The van der Waals surface area contributed by atoms with Gasteiger partial charge < -0.3 is 15.4 Å². The van der Waals surface area contributed by atoms with E-state index in [1.54, 1.807) is 0 Å². The summed E-state index contributed by atoms with van der Waals surface area (Å²) in [5.74, 6) is 0.589. The van der Waals surface area contributed by atoms with Crippen molar-refractivity contribution < 1.29 is 4.79 Å². The van der Waals surface area contributed by atoms with Gasteiger partial charge in [-0.1, -0.05) is 12.1 Å². The second-order valence-corrected chi connectivity index (χ2v) is 6.87. The van der Waals surface area contributed by atoms with Gasteiger partial charge >= 0.3 is 0 Å². The second-order valence-electron chi connectivity index (χ2n) is 6.87. The summed E-state index contributed by atoms with van der Waals surface area (Å²) >= 11 is 0. The highest BCUT2D eigenvalue weighted by Gasteiger charge is 2.30. The summed E-state index contributed by atoms with van der Waals surface area (Å²) in [6.45, 7) is 6.05. The molecule has 0 bridgehead atoms. The number of hydrogen-bond acceptors (Lipinski definition) is 5. The number of benzene rings is 1. The Morgan fingerprint density at radius 1 is 1.00 bits per heavy atom. The van der Waals surface area contributed by atoms with Crippen molar-refractivity contribution in [1.29, 1.82) is 0 Å². The van der Waals surface area contributed by atoms with Gasteiger partial charge in [0.05, 0.1) is 0 Å². The number of anilines is 1. The molecule has 1 unspecified atom stereocenters. The first-order valence-corrected chi connectivity index (χ1v) is 8.65. The molecule has 0 saturated carbocycles. The van der Waals surface area contributed by atoms with E-state index in [0.717, 1.165) is 64.1 Å². The summed E-state index contributed by atoms with van der Waals surface area (Å²) in [7, 11) is 2.14. The molecule has 2 aliphatic heterocycles. The fourth-order valence-corrected chi connectivity index (χ4v) is 3.76. The fourth-order valence-electron chi connectivity index (χ4n) is 3.76. The summed E-state index contributed by atoms with van der Waals surface area (Å²) in [4.78, 5) is 18.7. The van der Waals surface area contributed by atoms with Crippen molar-refractivity contribution in [3.63, 3.8) is 0 Å². The highest BCUT2D eigenvalue weighted by atomic mass is 16.1. The van der Waals surface area contributed by atoms with Crippen LogP contribution in [0.3, 0.4) is 0 Å². The average molecular weight is 316 g/mol. The van der Waals surface area contributed by atoms with E-state index in [2.05, 4.69) is 33.9 Å². The normalized spacial score (nSPS) is 23.7. The van der Waals surface area contributed by atoms with Gasteiger partial charge in [0, 0.05) is 45.0 Å². The molecule has 2 aliphatic rings. The maximum absolute atomic E-state index is 11.7. The van der Waals surface area contributed by atoms with Crippen LogP contribution in [-0.4, -0.2) is 73.5 Å². The van der Waals surface area contributed by atoms with Crippen LogP contribution in [0.5, 0.6) is 0 Å². The third-order valence-electron chi connectivity index (χ3n) is 5.35. The van der Waals surface area contributed by atoms with Crippen molar-refractivity contribution in [3.05, 3.63) is 29.8 Å². The van der Waals surface area contributed by atoms with Gasteiger partial charge in [-0.25, -0.2) is 0 Å². The monoisotopic (exact) mass is 316 g/mol. The maximum atomic E-state index is 11.7. The van der Waals surface area contributed by atoms with Gasteiger partial charge in [-0.2, -0.15) is 0 Å². The molecule has 0 amide bonds. The number of nitrogens with two attached hydrogens (primary N) is 1. The lowest BCUT2D eigenvalue weighted by molar-refractivity contribution is -0.121. The molecule has 1 atom stereocenters.